The number of nitrogens with zero attached hydrogens (tertiary/aromatic N) is 1. The van der Waals surface area contributed by atoms with Gasteiger partial charge in [0.05, 0.1) is 10.7 Å². The van der Waals surface area contributed by atoms with E-state index in [1.807, 2.05) is 12.1 Å². The number of fused-ring (bicyclic) bond motifs is 1. The van der Waals surface area contributed by atoms with E-state index in [0.717, 1.165) is 24.0 Å². The Kier molecular flexibility index (Phi) is 5.64. The van der Waals surface area contributed by atoms with Crippen molar-refractivity contribution in [1.29, 1.82) is 0 Å². The number of hydrogen-bond acceptors (Lipinski definition) is 2. The fraction of sp³-hybridized carbons (Fsp3) is 0.200. The topological polar surface area (TPSA) is 49.4 Å². The predicted octanol–water partition coefficient (Wildman–Crippen LogP) is 4.39. The Labute approximate surface area is 162 Å². The van der Waals surface area contributed by atoms with Crippen LogP contribution in [0.15, 0.2) is 49.1 Å². The van der Waals surface area contributed by atoms with E-state index in [1.54, 1.807) is 29.2 Å². The summed E-state index contributed by atoms with van der Waals surface area (Å²) in [6, 6.07) is 10.6. The zero-order valence-corrected chi connectivity index (χ0v) is 15.6. The van der Waals surface area contributed by atoms with Gasteiger partial charge in [-0.15, -0.1) is 0 Å². The van der Waals surface area contributed by atoms with Crippen molar-refractivity contribution in [1.82, 2.24) is 5.32 Å². The van der Waals surface area contributed by atoms with Gasteiger partial charge >= 0.3 is 0 Å². The zero-order valence-electron chi connectivity index (χ0n) is 14.1. The summed E-state index contributed by atoms with van der Waals surface area (Å²) in [5.74, 6) is -0.349. The van der Waals surface area contributed by atoms with Gasteiger partial charge in [-0.2, -0.15) is 0 Å². The molecule has 1 aliphatic rings. The number of rotatable bonds is 4. The molecule has 0 bridgehead atoms. The molecule has 0 spiro atoms. The van der Waals surface area contributed by atoms with Crippen molar-refractivity contribution in [2.24, 2.45) is 0 Å². The summed E-state index contributed by atoms with van der Waals surface area (Å²) in [5, 5.41) is 3.87. The van der Waals surface area contributed by atoms with Crippen LogP contribution < -0.4 is 10.2 Å². The Morgan fingerprint density at radius 1 is 1.12 bits per heavy atom. The first kappa shape index (κ1) is 18.5. The standard InChI is InChI=1S/C20H18Cl2N2O2/c1-2-18(25)23-12-13-5-7-14(8-6-13)20(26)24-11-3-4-15-16(21)9-10-17(22)19(15)24/h2,5-10H,1,3-4,11-12H2,(H,23,25). The number of carbonyl (C=O) groups is 2. The molecule has 0 fully saturated rings. The van der Waals surface area contributed by atoms with Crippen molar-refractivity contribution in [3.63, 3.8) is 0 Å². The maximum absolute atomic E-state index is 13.0. The van der Waals surface area contributed by atoms with Crippen LogP contribution in [0.3, 0.4) is 0 Å². The lowest BCUT2D eigenvalue weighted by Gasteiger charge is -2.31. The molecule has 0 saturated heterocycles. The summed E-state index contributed by atoms with van der Waals surface area (Å²) in [5.41, 5.74) is 3.09. The van der Waals surface area contributed by atoms with Gasteiger partial charge < -0.3 is 10.2 Å². The molecule has 26 heavy (non-hydrogen) atoms. The average molecular weight is 389 g/mol. The smallest absolute Gasteiger partial charge is 0.258 e. The van der Waals surface area contributed by atoms with E-state index in [-0.39, 0.29) is 11.8 Å². The monoisotopic (exact) mass is 388 g/mol. The molecule has 0 radical (unpaired) electrons. The first-order valence-electron chi connectivity index (χ1n) is 8.29. The van der Waals surface area contributed by atoms with Gasteiger partial charge in [0.25, 0.3) is 5.91 Å². The Morgan fingerprint density at radius 3 is 2.50 bits per heavy atom. The molecule has 6 heteroatoms. The molecule has 3 rings (SSSR count). The molecular weight excluding hydrogens is 371 g/mol. The Morgan fingerprint density at radius 2 is 1.81 bits per heavy atom. The summed E-state index contributed by atoms with van der Waals surface area (Å²) in [4.78, 5) is 25.9. The minimum absolute atomic E-state index is 0.114. The average Bonchev–Trinajstić information content (AvgIpc) is 2.68. The van der Waals surface area contributed by atoms with Gasteiger partial charge in [0.1, 0.15) is 0 Å². The van der Waals surface area contributed by atoms with Gasteiger partial charge in [-0.3, -0.25) is 9.59 Å². The fourth-order valence-electron chi connectivity index (χ4n) is 3.02. The summed E-state index contributed by atoms with van der Waals surface area (Å²) >= 11 is 12.6. The highest BCUT2D eigenvalue weighted by Crippen LogP contribution is 2.39. The third-order valence-corrected chi connectivity index (χ3v) is 5.01. The second-order valence-corrected chi connectivity index (χ2v) is 6.85. The quantitative estimate of drug-likeness (QED) is 0.789. The highest BCUT2D eigenvalue weighted by Gasteiger charge is 2.27. The molecule has 2 aromatic carbocycles. The Bertz CT molecular complexity index is 863. The van der Waals surface area contributed by atoms with Gasteiger partial charge in [0.2, 0.25) is 5.91 Å². The van der Waals surface area contributed by atoms with E-state index in [1.165, 1.54) is 6.08 Å². The lowest BCUT2D eigenvalue weighted by molar-refractivity contribution is -0.116. The largest absolute Gasteiger partial charge is 0.348 e. The van der Waals surface area contributed by atoms with E-state index in [2.05, 4.69) is 11.9 Å². The van der Waals surface area contributed by atoms with E-state index in [9.17, 15) is 9.59 Å². The second kappa shape index (κ2) is 7.94. The van der Waals surface area contributed by atoms with Crippen LogP contribution in [-0.4, -0.2) is 18.4 Å². The molecule has 0 atom stereocenters. The maximum atomic E-state index is 13.0. The molecule has 0 aromatic heterocycles. The van der Waals surface area contributed by atoms with Crippen LogP contribution in [0.5, 0.6) is 0 Å². The minimum Gasteiger partial charge on any atom is -0.348 e. The van der Waals surface area contributed by atoms with Crippen LogP contribution in [-0.2, 0) is 17.8 Å². The number of nitrogens with one attached hydrogen (secondary N) is 1. The molecule has 0 unspecified atom stereocenters. The van der Waals surface area contributed by atoms with Crippen molar-refractivity contribution in [2.75, 3.05) is 11.4 Å². The van der Waals surface area contributed by atoms with E-state index < -0.39 is 0 Å². The van der Waals surface area contributed by atoms with Crippen LogP contribution in [0, 0.1) is 0 Å². The number of anilines is 1. The van der Waals surface area contributed by atoms with Crippen molar-refractivity contribution in [3.8, 4) is 0 Å². The third-order valence-electron chi connectivity index (χ3n) is 4.35. The summed E-state index contributed by atoms with van der Waals surface area (Å²) in [7, 11) is 0. The van der Waals surface area contributed by atoms with Crippen LogP contribution in [0.25, 0.3) is 0 Å². The Hall–Kier alpha value is -2.30. The first-order valence-corrected chi connectivity index (χ1v) is 9.05. The molecule has 0 aliphatic carbocycles. The van der Waals surface area contributed by atoms with Crippen molar-refractivity contribution in [3.05, 3.63) is 75.8 Å². The lowest BCUT2D eigenvalue weighted by atomic mass is 10.00. The molecule has 1 aliphatic heterocycles. The molecule has 2 aromatic rings. The van der Waals surface area contributed by atoms with Crippen molar-refractivity contribution < 1.29 is 9.59 Å². The van der Waals surface area contributed by atoms with Crippen molar-refractivity contribution >= 4 is 40.7 Å². The summed E-state index contributed by atoms with van der Waals surface area (Å²) in [6.45, 7) is 4.39. The van der Waals surface area contributed by atoms with Crippen LogP contribution in [0.1, 0.15) is 27.9 Å². The minimum atomic E-state index is -0.235. The third kappa shape index (κ3) is 3.76. The maximum Gasteiger partial charge on any atom is 0.258 e. The SMILES string of the molecule is C=CC(=O)NCc1ccc(C(=O)N2CCCc3c(Cl)ccc(Cl)c32)cc1. The lowest BCUT2D eigenvalue weighted by Crippen LogP contribution is -2.35. The fourth-order valence-corrected chi connectivity index (χ4v) is 3.55. The molecular formula is C20H18Cl2N2O2. The van der Waals surface area contributed by atoms with E-state index in [4.69, 9.17) is 23.2 Å². The van der Waals surface area contributed by atoms with Gasteiger partial charge in [0, 0.05) is 23.7 Å². The summed E-state index contributed by atoms with van der Waals surface area (Å²) < 4.78 is 0. The van der Waals surface area contributed by atoms with Gasteiger partial charge in [-0.25, -0.2) is 0 Å². The zero-order chi connectivity index (χ0) is 18.7. The van der Waals surface area contributed by atoms with Crippen LogP contribution in [0.2, 0.25) is 10.0 Å². The Balaban J connectivity index is 1.82. The second-order valence-electron chi connectivity index (χ2n) is 6.04. The van der Waals surface area contributed by atoms with Gasteiger partial charge in [-0.1, -0.05) is 41.9 Å². The highest BCUT2D eigenvalue weighted by molar-refractivity contribution is 6.37. The molecule has 0 saturated carbocycles. The molecule has 1 N–H and O–H groups in total. The van der Waals surface area contributed by atoms with Crippen molar-refractivity contribution in [2.45, 2.75) is 19.4 Å². The number of amides is 2. The van der Waals surface area contributed by atoms with Gasteiger partial charge in [0.15, 0.2) is 0 Å². The normalized spacial score (nSPS) is 13.1. The first-order chi connectivity index (χ1) is 12.5. The number of halogens is 2. The molecule has 4 nitrogen and oxygen atoms in total. The molecule has 1 heterocycles. The van der Waals surface area contributed by atoms with Gasteiger partial charge in [-0.05, 0) is 54.3 Å². The predicted molar refractivity (Wildman–Crippen MR) is 105 cm³/mol. The highest BCUT2D eigenvalue weighted by atomic mass is 35.5. The van der Waals surface area contributed by atoms with E-state index in [0.29, 0.717) is 34.4 Å². The molecule has 2 amide bonds. The molecule has 134 valence electrons. The summed E-state index contributed by atoms with van der Waals surface area (Å²) in [6.07, 6.45) is 2.87. The number of benzene rings is 2. The number of carbonyl (C=O) groups excluding carboxylic acids is 2. The van der Waals surface area contributed by atoms with Crippen LogP contribution >= 0.6 is 23.2 Å². The van der Waals surface area contributed by atoms with E-state index >= 15 is 0 Å². The number of hydrogen-bond donors (Lipinski definition) is 1. The van der Waals surface area contributed by atoms with Crippen LogP contribution in [0.4, 0.5) is 5.69 Å².